The van der Waals surface area contributed by atoms with Gasteiger partial charge in [0.05, 0.1) is 10.5 Å². The third kappa shape index (κ3) is 5.16. The van der Waals surface area contributed by atoms with Crippen molar-refractivity contribution in [1.29, 1.82) is 0 Å². The highest BCUT2D eigenvalue weighted by molar-refractivity contribution is 7.92. The van der Waals surface area contributed by atoms with E-state index in [4.69, 9.17) is 0 Å². The second kappa shape index (κ2) is 9.00. The lowest BCUT2D eigenvalue weighted by Gasteiger charge is -2.40. The number of sulfonamides is 1. The number of halogens is 8. The van der Waals surface area contributed by atoms with Crippen molar-refractivity contribution >= 4 is 19.9 Å². The Hall–Kier alpha value is -2.26. The van der Waals surface area contributed by atoms with E-state index in [1.165, 1.54) is 4.72 Å². The highest BCUT2D eigenvalue weighted by Gasteiger charge is 2.52. The Bertz CT molecular complexity index is 1300. The minimum Gasteiger partial charge on any atom is -0.223 e. The summed E-state index contributed by atoms with van der Waals surface area (Å²) in [4.78, 5) is -0.650. The molecule has 5 nitrogen and oxygen atoms in total. The fraction of sp³-hybridized carbons (Fsp3) is 0.400. The fourth-order valence-electron chi connectivity index (χ4n) is 4.07. The van der Waals surface area contributed by atoms with Gasteiger partial charge in [0.25, 0.3) is 0 Å². The largest absolute Gasteiger partial charge is 0.511 e. The number of hydrogen-bond donors (Lipinski definition) is 1. The summed E-state index contributed by atoms with van der Waals surface area (Å²) in [6.07, 6.45) is -7.07. The molecular formula is C20H17F8NO4S2. The molecule has 2 aromatic rings. The molecule has 0 aromatic heterocycles. The van der Waals surface area contributed by atoms with Crippen molar-refractivity contribution in [2.75, 3.05) is 0 Å². The average Bonchev–Trinajstić information content (AvgIpc) is 2.74. The summed E-state index contributed by atoms with van der Waals surface area (Å²) in [5.41, 5.74) is -7.44. The summed E-state index contributed by atoms with van der Waals surface area (Å²) in [7, 11) is -10.5. The van der Waals surface area contributed by atoms with Crippen LogP contribution in [0.4, 0.5) is 35.1 Å². The first kappa shape index (κ1) is 27.3. The molecule has 0 unspecified atom stereocenters. The minimum atomic E-state index is -5.76. The fourth-order valence-corrected chi connectivity index (χ4v) is 7.04. The number of nitrogens with one attached hydrogen (secondary N) is 1. The first-order valence-corrected chi connectivity index (χ1v) is 12.8. The van der Waals surface area contributed by atoms with Crippen molar-refractivity contribution in [2.24, 2.45) is 0 Å². The van der Waals surface area contributed by atoms with Gasteiger partial charge in [-0.25, -0.2) is 30.3 Å². The number of alkyl halides is 6. The van der Waals surface area contributed by atoms with Crippen LogP contribution in [-0.4, -0.2) is 28.4 Å². The van der Waals surface area contributed by atoms with E-state index < -0.39 is 95.7 Å². The Kier molecular flexibility index (Phi) is 7.02. The van der Waals surface area contributed by atoms with Gasteiger partial charge >= 0.3 is 21.7 Å². The van der Waals surface area contributed by atoms with E-state index in [2.05, 4.69) is 0 Å². The van der Waals surface area contributed by atoms with Crippen LogP contribution in [0, 0.1) is 11.6 Å². The molecule has 1 fully saturated rings. The van der Waals surface area contributed by atoms with Gasteiger partial charge in [-0.15, -0.1) is 0 Å². The van der Waals surface area contributed by atoms with Gasteiger partial charge < -0.3 is 0 Å². The molecule has 0 saturated heterocycles. The molecule has 15 heteroatoms. The van der Waals surface area contributed by atoms with Gasteiger partial charge in [-0.2, -0.15) is 26.3 Å². The molecule has 0 bridgehead atoms. The lowest BCUT2D eigenvalue weighted by atomic mass is 9.80. The van der Waals surface area contributed by atoms with Gasteiger partial charge in [0.15, 0.2) is 9.84 Å². The maximum atomic E-state index is 14.7. The zero-order valence-corrected chi connectivity index (χ0v) is 19.1. The molecule has 0 spiro atoms. The van der Waals surface area contributed by atoms with Crippen LogP contribution >= 0.6 is 0 Å². The van der Waals surface area contributed by atoms with E-state index >= 15 is 0 Å². The molecule has 2 aromatic carbocycles. The lowest BCUT2D eigenvalue weighted by Crippen LogP contribution is -2.48. The van der Waals surface area contributed by atoms with Crippen LogP contribution in [0.1, 0.15) is 36.8 Å². The summed E-state index contributed by atoms with van der Waals surface area (Å²) in [5.74, 6) is -2.18. The van der Waals surface area contributed by atoms with E-state index in [1.54, 1.807) is 0 Å². The Morgan fingerprint density at radius 3 is 1.86 bits per heavy atom. The molecule has 0 heterocycles. The van der Waals surface area contributed by atoms with Crippen molar-refractivity contribution < 1.29 is 52.0 Å². The number of rotatable bonds is 5. The van der Waals surface area contributed by atoms with Crippen LogP contribution in [0.3, 0.4) is 0 Å². The highest BCUT2D eigenvalue weighted by atomic mass is 32.2. The second-order valence-corrected chi connectivity index (χ2v) is 12.0. The summed E-state index contributed by atoms with van der Waals surface area (Å²) in [6, 6.07) is 2.86. The first-order chi connectivity index (χ1) is 15.9. The zero-order valence-electron chi connectivity index (χ0n) is 17.4. The SMILES string of the molecule is O=S(=O)(N[C@H]1CC[C@@](c2cc(F)ccc2F)(S(=O)(=O)c2ccc(C(F)(F)F)cc2)CC1)C(F)(F)F. The standard InChI is InChI=1S/C20H17F8NO4S2/c21-13-3-6-17(22)16(11-13)18(9-7-14(8-10-18)29-35(32,33)20(26,27)28)34(30,31)15-4-1-12(2-5-15)19(23,24)25/h1-6,11,14,29H,7-10H2/t14-,18+. The Morgan fingerprint density at radius 2 is 1.37 bits per heavy atom. The van der Waals surface area contributed by atoms with Crippen LogP contribution in [0.15, 0.2) is 47.4 Å². The van der Waals surface area contributed by atoms with Crippen molar-refractivity contribution in [3.63, 3.8) is 0 Å². The lowest BCUT2D eigenvalue weighted by molar-refractivity contribution is -0.137. The van der Waals surface area contributed by atoms with E-state index in [-0.39, 0.29) is 0 Å². The van der Waals surface area contributed by atoms with Gasteiger partial charge in [-0.3, -0.25) is 0 Å². The van der Waals surface area contributed by atoms with E-state index in [0.29, 0.717) is 42.5 Å². The Balaban J connectivity index is 2.06. The maximum Gasteiger partial charge on any atom is 0.511 e. The molecule has 3 rings (SSSR count). The quantitative estimate of drug-likeness (QED) is 0.529. The smallest absolute Gasteiger partial charge is 0.223 e. The molecule has 1 aliphatic carbocycles. The van der Waals surface area contributed by atoms with Crippen LogP contribution in [0.5, 0.6) is 0 Å². The maximum absolute atomic E-state index is 14.7. The second-order valence-electron chi connectivity index (χ2n) is 7.99. The van der Waals surface area contributed by atoms with E-state index in [9.17, 15) is 52.0 Å². The highest BCUT2D eigenvalue weighted by Crippen LogP contribution is 2.48. The van der Waals surface area contributed by atoms with Gasteiger partial charge in [-0.05, 0) is 68.1 Å². The summed E-state index contributed by atoms with van der Waals surface area (Å²) >= 11 is 0. The third-order valence-electron chi connectivity index (χ3n) is 5.85. The van der Waals surface area contributed by atoms with Crippen LogP contribution in [0.25, 0.3) is 0 Å². The zero-order chi connectivity index (χ0) is 26.4. The molecule has 194 valence electrons. The average molecular weight is 551 g/mol. The van der Waals surface area contributed by atoms with Gasteiger partial charge in [0, 0.05) is 11.6 Å². The number of hydrogen-bond acceptors (Lipinski definition) is 4. The Morgan fingerprint density at radius 1 is 0.829 bits per heavy atom. The van der Waals surface area contributed by atoms with Crippen molar-refractivity contribution in [3.8, 4) is 0 Å². The topological polar surface area (TPSA) is 80.3 Å². The molecule has 1 saturated carbocycles. The number of benzene rings is 2. The van der Waals surface area contributed by atoms with E-state index in [0.717, 1.165) is 0 Å². The molecular weight excluding hydrogens is 534 g/mol. The third-order valence-corrected chi connectivity index (χ3v) is 9.65. The molecule has 0 radical (unpaired) electrons. The van der Waals surface area contributed by atoms with Crippen molar-refractivity contribution in [2.45, 2.75) is 53.1 Å². The Labute approximate surface area is 195 Å². The van der Waals surface area contributed by atoms with Crippen LogP contribution in [0.2, 0.25) is 0 Å². The van der Waals surface area contributed by atoms with Crippen molar-refractivity contribution in [3.05, 3.63) is 65.2 Å². The summed E-state index contributed by atoms with van der Waals surface area (Å²) in [5, 5.41) is 0. The van der Waals surface area contributed by atoms with Gasteiger partial charge in [0.2, 0.25) is 0 Å². The number of sulfone groups is 1. The molecule has 0 atom stereocenters. The molecule has 35 heavy (non-hydrogen) atoms. The molecule has 0 aliphatic heterocycles. The predicted molar refractivity (Wildman–Crippen MR) is 107 cm³/mol. The molecule has 0 amide bonds. The minimum absolute atomic E-state index is 0.492. The predicted octanol–water partition coefficient (Wildman–Crippen LogP) is 5.03. The van der Waals surface area contributed by atoms with E-state index in [1.807, 2.05) is 0 Å². The monoisotopic (exact) mass is 551 g/mol. The van der Waals surface area contributed by atoms with Gasteiger partial charge in [0.1, 0.15) is 16.4 Å². The van der Waals surface area contributed by atoms with Crippen molar-refractivity contribution in [1.82, 2.24) is 4.72 Å². The van der Waals surface area contributed by atoms with Crippen LogP contribution < -0.4 is 4.72 Å². The van der Waals surface area contributed by atoms with Crippen LogP contribution in [-0.2, 0) is 30.8 Å². The summed E-state index contributed by atoms with van der Waals surface area (Å²) in [6.45, 7) is 0. The van der Waals surface area contributed by atoms with Gasteiger partial charge in [-0.1, -0.05) is 0 Å². The summed E-state index contributed by atoms with van der Waals surface area (Å²) < 4.78 is 155. The molecule has 1 aliphatic rings. The first-order valence-electron chi connectivity index (χ1n) is 9.87. The normalized spacial score (nSPS) is 22.2. The molecule has 1 N–H and O–H groups in total.